The molecule has 4 nitrogen and oxygen atoms in total. The summed E-state index contributed by atoms with van der Waals surface area (Å²) in [6.07, 6.45) is 0. The van der Waals surface area contributed by atoms with Gasteiger partial charge < -0.3 is 4.90 Å². The van der Waals surface area contributed by atoms with E-state index in [9.17, 15) is 4.39 Å². The van der Waals surface area contributed by atoms with Crippen LogP contribution in [0.3, 0.4) is 0 Å². The van der Waals surface area contributed by atoms with Crippen molar-refractivity contribution in [1.82, 2.24) is 14.8 Å². The average molecular weight is 347 g/mol. The highest BCUT2D eigenvalue weighted by Crippen LogP contribution is 2.32. The summed E-state index contributed by atoms with van der Waals surface area (Å²) in [6.45, 7) is 0.614. The molecule has 0 fully saturated rings. The van der Waals surface area contributed by atoms with Crippen LogP contribution in [-0.4, -0.2) is 20.6 Å². The van der Waals surface area contributed by atoms with E-state index in [0.29, 0.717) is 11.7 Å². The molecule has 0 aliphatic carbocycles. The SMILES string of the molecule is Fc1ccc(N2CSc3nnc(-c4cccc(Cl)c4)n3C2)cc1. The number of nitrogens with zero attached hydrogens (tertiary/aromatic N) is 4. The molecular formula is C16H12ClFN4S. The van der Waals surface area contributed by atoms with Gasteiger partial charge in [0.1, 0.15) is 5.82 Å². The second-order valence-electron chi connectivity index (χ2n) is 5.18. The van der Waals surface area contributed by atoms with E-state index in [2.05, 4.69) is 15.1 Å². The van der Waals surface area contributed by atoms with E-state index in [1.807, 2.05) is 28.8 Å². The van der Waals surface area contributed by atoms with Crippen molar-refractivity contribution < 1.29 is 4.39 Å². The minimum absolute atomic E-state index is 0.233. The molecule has 2 aromatic carbocycles. The molecule has 1 aliphatic heterocycles. The average Bonchev–Trinajstić information content (AvgIpc) is 2.98. The van der Waals surface area contributed by atoms with E-state index in [-0.39, 0.29) is 5.82 Å². The molecule has 0 bridgehead atoms. The van der Waals surface area contributed by atoms with Gasteiger partial charge in [-0.2, -0.15) is 0 Å². The quantitative estimate of drug-likeness (QED) is 0.694. The van der Waals surface area contributed by atoms with Crippen LogP contribution in [0.15, 0.2) is 53.7 Å². The van der Waals surface area contributed by atoms with Crippen molar-refractivity contribution in [1.29, 1.82) is 0 Å². The highest BCUT2D eigenvalue weighted by molar-refractivity contribution is 7.99. The fraction of sp³-hybridized carbons (Fsp3) is 0.125. The summed E-state index contributed by atoms with van der Waals surface area (Å²) in [4.78, 5) is 2.15. The summed E-state index contributed by atoms with van der Waals surface area (Å²) >= 11 is 7.68. The zero-order valence-electron chi connectivity index (χ0n) is 12.0. The lowest BCUT2D eigenvalue weighted by Crippen LogP contribution is -2.30. The number of hydrogen-bond donors (Lipinski definition) is 0. The van der Waals surface area contributed by atoms with E-state index < -0.39 is 0 Å². The molecule has 0 atom stereocenters. The number of benzene rings is 2. The fourth-order valence-electron chi connectivity index (χ4n) is 2.52. The number of halogens is 2. The molecule has 116 valence electrons. The highest BCUT2D eigenvalue weighted by Gasteiger charge is 2.22. The summed E-state index contributed by atoms with van der Waals surface area (Å²) in [6, 6.07) is 14.1. The molecule has 1 aromatic heterocycles. The van der Waals surface area contributed by atoms with Crippen LogP contribution in [0.2, 0.25) is 5.02 Å². The zero-order valence-corrected chi connectivity index (χ0v) is 13.6. The molecule has 0 N–H and O–H groups in total. The van der Waals surface area contributed by atoms with Crippen LogP contribution < -0.4 is 4.90 Å². The molecule has 23 heavy (non-hydrogen) atoms. The number of anilines is 1. The minimum atomic E-state index is -0.233. The first kappa shape index (κ1) is 14.5. The first-order valence-corrected chi connectivity index (χ1v) is 8.39. The monoisotopic (exact) mass is 346 g/mol. The Hall–Kier alpha value is -2.05. The van der Waals surface area contributed by atoms with E-state index in [0.717, 1.165) is 28.1 Å². The number of hydrogen-bond acceptors (Lipinski definition) is 4. The van der Waals surface area contributed by atoms with Crippen molar-refractivity contribution >= 4 is 29.1 Å². The van der Waals surface area contributed by atoms with Crippen LogP contribution in [0.1, 0.15) is 0 Å². The summed E-state index contributed by atoms with van der Waals surface area (Å²) in [5.74, 6) is 1.30. The van der Waals surface area contributed by atoms with Crippen LogP contribution in [0.25, 0.3) is 11.4 Å². The summed E-state index contributed by atoms with van der Waals surface area (Å²) in [5, 5.41) is 10.1. The second-order valence-corrected chi connectivity index (χ2v) is 6.52. The number of fused-ring (bicyclic) bond motifs is 1. The molecule has 0 saturated carbocycles. The van der Waals surface area contributed by atoms with Gasteiger partial charge in [0.25, 0.3) is 0 Å². The van der Waals surface area contributed by atoms with Crippen LogP contribution >= 0.6 is 23.4 Å². The third-order valence-electron chi connectivity index (χ3n) is 3.65. The van der Waals surface area contributed by atoms with E-state index in [4.69, 9.17) is 11.6 Å². The molecule has 4 rings (SSSR count). The molecule has 0 saturated heterocycles. The standard InChI is InChI=1S/C16H12ClFN4S/c17-12-3-1-2-11(8-12)15-19-20-16-22(15)9-21(10-23-16)14-6-4-13(18)5-7-14/h1-8H,9-10H2. The number of thioether (sulfide) groups is 1. The van der Waals surface area contributed by atoms with Crippen LogP contribution in [0.4, 0.5) is 10.1 Å². The lowest BCUT2D eigenvalue weighted by Gasteiger charge is -2.29. The zero-order chi connectivity index (χ0) is 15.8. The number of aromatic nitrogens is 3. The fourth-order valence-corrected chi connectivity index (χ4v) is 3.61. The lowest BCUT2D eigenvalue weighted by molar-refractivity contribution is 0.605. The van der Waals surface area contributed by atoms with Gasteiger partial charge in [0.05, 0.1) is 12.5 Å². The van der Waals surface area contributed by atoms with Crippen LogP contribution in [0, 0.1) is 5.82 Å². The summed E-state index contributed by atoms with van der Waals surface area (Å²) in [5.41, 5.74) is 1.90. The molecule has 0 unspecified atom stereocenters. The van der Waals surface area contributed by atoms with Gasteiger partial charge in [0.2, 0.25) is 0 Å². The maximum Gasteiger partial charge on any atom is 0.194 e. The highest BCUT2D eigenvalue weighted by atomic mass is 35.5. The smallest absolute Gasteiger partial charge is 0.194 e. The largest absolute Gasteiger partial charge is 0.344 e. The van der Waals surface area contributed by atoms with Crippen molar-refractivity contribution in [2.45, 2.75) is 11.8 Å². The van der Waals surface area contributed by atoms with Gasteiger partial charge in [-0.1, -0.05) is 35.5 Å². The third-order valence-corrected chi connectivity index (χ3v) is 4.89. The van der Waals surface area contributed by atoms with Gasteiger partial charge in [-0.15, -0.1) is 10.2 Å². The molecule has 2 heterocycles. The molecule has 0 amide bonds. The van der Waals surface area contributed by atoms with Gasteiger partial charge in [-0.3, -0.25) is 4.57 Å². The predicted molar refractivity (Wildman–Crippen MR) is 90.1 cm³/mol. The van der Waals surface area contributed by atoms with Gasteiger partial charge in [-0.25, -0.2) is 4.39 Å². The normalized spacial score (nSPS) is 13.9. The Morgan fingerprint density at radius 1 is 1.09 bits per heavy atom. The van der Waals surface area contributed by atoms with Crippen molar-refractivity contribution in [3.63, 3.8) is 0 Å². The Labute approximate surface area is 141 Å². The topological polar surface area (TPSA) is 34.0 Å². The molecule has 0 spiro atoms. The second kappa shape index (κ2) is 5.86. The minimum Gasteiger partial charge on any atom is -0.344 e. The third kappa shape index (κ3) is 2.80. The maximum atomic E-state index is 13.1. The van der Waals surface area contributed by atoms with Crippen molar-refractivity contribution in [2.24, 2.45) is 0 Å². The predicted octanol–water partition coefficient (Wildman–Crippen LogP) is 4.26. The molecule has 7 heteroatoms. The Kier molecular flexibility index (Phi) is 3.71. The van der Waals surface area contributed by atoms with Crippen molar-refractivity contribution in [3.8, 4) is 11.4 Å². The Balaban J connectivity index is 1.69. The van der Waals surface area contributed by atoms with E-state index in [1.165, 1.54) is 12.1 Å². The van der Waals surface area contributed by atoms with Gasteiger partial charge >= 0.3 is 0 Å². The van der Waals surface area contributed by atoms with Crippen LogP contribution in [-0.2, 0) is 6.67 Å². The summed E-state index contributed by atoms with van der Waals surface area (Å²) < 4.78 is 15.1. The first-order chi connectivity index (χ1) is 11.2. The Morgan fingerprint density at radius 2 is 1.91 bits per heavy atom. The summed E-state index contributed by atoms with van der Waals surface area (Å²) in [7, 11) is 0. The maximum absolute atomic E-state index is 13.1. The van der Waals surface area contributed by atoms with Crippen LogP contribution in [0.5, 0.6) is 0 Å². The van der Waals surface area contributed by atoms with E-state index >= 15 is 0 Å². The van der Waals surface area contributed by atoms with Gasteiger partial charge in [0, 0.05) is 16.3 Å². The van der Waals surface area contributed by atoms with Crippen molar-refractivity contribution in [3.05, 3.63) is 59.4 Å². The molecule has 3 aromatic rings. The Morgan fingerprint density at radius 3 is 2.70 bits per heavy atom. The van der Waals surface area contributed by atoms with E-state index in [1.54, 1.807) is 23.9 Å². The molecule has 1 aliphatic rings. The Bertz CT molecular complexity index is 850. The first-order valence-electron chi connectivity index (χ1n) is 7.03. The lowest BCUT2D eigenvalue weighted by atomic mass is 10.2. The number of rotatable bonds is 2. The van der Waals surface area contributed by atoms with Gasteiger partial charge in [0.15, 0.2) is 11.0 Å². The van der Waals surface area contributed by atoms with Crippen molar-refractivity contribution in [2.75, 3.05) is 10.8 Å². The molecular weight excluding hydrogens is 335 g/mol. The molecule has 0 radical (unpaired) electrons. The van der Waals surface area contributed by atoms with Gasteiger partial charge in [-0.05, 0) is 36.4 Å².